The third-order valence-electron chi connectivity index (χ3n) is 3.83. The number of rotatable bonds is 7. The molecule has 0 fully saturated rings. The number of hydrogen-bond donors (Lipinski definition) is 1. The summed E-state index contributed by atoms with van der Waals surface area (Å²) in [6, 6.07) is 0. The van der Waals surface area contributed by atoms with E-state index in [0.29, 0.717) is 12.8 Å². The van der Waals surface area contributed by atoms with Crippen molar-refractivity contribution in [3.8, 4) is 0 Å². The van der Waals surface area contributed by atoms with Crippen molar-refractivity contribution in [2.45, 2.75) is 59.6 Å². The third kappa shape index (κ3) is 5.66. The lowest BCUT2D eigenvalue weighted by atomic mass is 9.81. The van der Waals surface area contributed by atoms with Crippen LogP contribution in [0.4, 0.5) is 13.2 Å². The highest BCUT2D eigenvalue weighted by Gasteiger charge is 2.34. The predicted octanol–water partition coefficient (Wildman–Crippen LogP) is 4.80. The fourth-order valence-electron chi connectivity index (χ4n) is 1.76. The molecule has 1 N–H and O–H groups in total. The molecule has 0 aliphatic heterocycles. The lowest BCUT2D eigenvalue weighted by Gasteiger charge is -2.26. The van der Waals surface area contributed by atoms with Gasteiger partial charge in [0.1, 0.15) is 5.76 Å². The molecule has 0 saturated carbocycles. The Bertz CT molecular complexity index is 328. The first-order chi connectivity index (χ1) is 8.59. The normalized spacial score (nSPS) is 15.4. The molecule has 0 aliphatic carbocycles. The van der Waals surface area contributed by atoms with E-state index in [1.54, 1.807) is 6.92 Å². The molecule has 2 nitrogen and oxygen atoms in total. The molecule has 112 valence electrons. The highest BCUT2D eigenvalue weighted by molar-refractivity contribution is 5.92. The van der Waals surface area contributed by atoms with Crippen LogP contribution in [0, 0.1) is 11.3 Å². The topological polar surface area (TPSA) is 37.3 Å². The maximum absolute atomic E-state index is 12.3. The molecule has 1 atom stereocenters. The molecule has 0 heterocycles. The maximum Gasteiger partial charge on any atom is 0.389 e. The van der Waals surface area contributed by atoms with Crippen LogP contribution in [0.2, 0.25) is 0 Å². The van der Waals surface area contributed by atoms with Gasteiger partial charge in [-0.3, -0.25) is 4.79 Å². The van der Waals surface area contributed by atoms with Crippen molar-refractivity contribution in [3.63, 3.8) is 0 Å². The van der Waals surface area contributed by atoms with E-state index >= 15 is 0 Å². The summed E-state index contributed by atoms with van der Waals surface area (Å²) in [5, 5.41) is 9.94. The maximum atomic E-state index is 12.3. The molecule has 0 spiro atoms. The Morgan fingerprint density at radius 2 is 1.68 bits per heavy atom. The van der Waals surface area contributed by atoms with Crippen LogP contribution >= 0.6 is 0 Å². The summed E-state index contributed by atoms with van der Waals surface area (Å²) in [4.78, 5) is 11.8. The molecular formula is C14H23F3O2. The number of hydrogen-bond acceptors (Lipinski definition) is 2. The van der Waals surface area contributed by atoms with Crippen molar-refractivity contribution in [2.75, 3.05) is 0 Å². The Hall–Kier alpha value is -1.00. The van der Waals surface area contributed by atoms with E-state index in [1.165, 1.54) is 6.92 Å². The number of halogens is 3. The van der Waals surface area contributed by atoms with Crippen LogP contribution in [-0.2, 0) is 4.79 Å². The van der Waals surface area contributed by atoms with E-state index in [0.717, 1.165) is 6.08 Å². The fraction of sp³-hybridized carbons (Fsp3) is 0.786. The van der Waals surface area contributed by atoms with Crippen LogP contribution < -0.4 is 0 Å². The molecule has 0 radical (unpaired) electrons. The first-order valence-corrected chi connectivity index (χ1v) is 6.61. The Labute approximate surface area is 112 Å². The Kier molecular flexibility index (Phi) is 6.60. The van der Waals surface area contributed by atoms with Gasteiger partial charge in [-0.1, -0.05) is 27.7 Å². The summed E-state index contributed by atoms with van der Waals surface area (Å²) in [7, 11) is 0. The number of allylic oxidation sites excluding steroid dienone is 2. The van der Waals surface area contributed by atoms with E-state index in [9.17, 15) is 23.1 Å². The number of aliphatic hydroxyl groups excluding tert-OH is 1. The van der Waals surface area contributed by atoms with Crippen LogP contribution in [0.25, 0.3) is 0 Å². The molecule has 1 unspecified atom stereocenters. The first-order valence-electron chi connectivity index (χ1n) is 6.61. The van der Waals surface area contributed by atoms with E-state index in [1.807, 2.05) is 13.8 Å². The highest BCUT2D eigenvalue weighted by atomic mass is 19.4. The van der Waals surface area contributed by atoms with Gasteiger partial charge in [-0.05, 0) is 19.3 Å². The number of alkyl halides is 3. The van der Waals surface area contributed by atoms with Crippen LogP contribution in [0.1, 0.15) is 53.4 Å². The predicted molar refractivity (Wildman–Crippen MR) is 68.9 cm³/mol. The summed E-state index contributed by atoms with van der Waals surface area (Å²) >= 11 is 0. The largest absolute Gasteiger partial charge is 0.512 e. The van der Waals surface area contributed by atoms with Crippen molar-refractivity contribution in [2.24, 2.45) is 11.3 Å². The lowest BCUT2D eigenvalue weighted by Crippen LogP contribution is -2.23. The molecule has 0 bridgehead atoms. The van der Waals surface area contributed by atoms with Crippen molar-refractivity contribution < 1.29 is 23.1 Å². The second-order valence-corrected chi connectivity index (χ2v) is 5.12. The Morgan fingerprint density at radius 3 is 2.00 bits per heavy atom. The van der Waals surface area contributed by atoms with Crippen molar-refractivity contribution in [1.82, 2.24) is 0 Å². The molecule has 19 heavy (non-hydrogen) atoms. The summed E-state index contributed by atoms with van der Waals surface area (Å²) < 4.78 is 37.0. The minimum absolute atomic E-state index is 0.108. The molecule has 0 rings (SSSR count). The van der Waals surface area contributed by atoms with E-state index < -0.39 is 29.7 Å². The van der Waals surface area contributed by atoms with E-state index in [4.69, 9.17) is 0 Å². The minimum Gasteiger partial charge on any atom is -0.512 e. The monoisotopic (exact) mass is 280 g/mol. The standard InChI is InChI=1S/C14H23F3O2/c1-5-10(9-14(15,16)17)11(18)8-12(19)13(4,6-2)7-3/h8,10,19H,5-7,9H2,1-4H3. The van der Waals surface area contributed by atoms with Gasteiger partial charge in [0.05, 0.1) is 6.42 Å². The molecule has 5 heteroatoms. The number of carbonyl (C=O) groups is 1. The van der Waals surface area contributed by atoms with Gasteiger partial charge >= 0.3 is 6.18 Å². The SMILES string of the molecule is CCC(CC(F)(F)F)C(=O)C=C(O)C(C)(CC)CC. The second-order valence-electron chi connectivity index (χ2n) is 5.12. The van der Waals surface area contributed by atoms with E-state index in [-0.39, 0.29) is 12.2 Å². The van der Waals surface area contributed by atoms with Gasteiger partial charge in [-0.25, -0.2) is 0 Å². The summed E-state index contributed by atoms with van der Waals surface area (Å²) in [5.74, 6) is -1.88. The van der Waals surface area contributed by atoms with E-state index in [2.05, 4.69) is 0 Å². The first kappa shape index (κ1) is 18.0. The molecular weight excluding hydrogens is 257 g/mol. The van der Waals surface area contributed by atoms with Gasteiger partial charge in [0.15, 0.2) is 5.78 Å². The third-order valence-corrected chi connectivity index (χ3v) is 3.83. The minimum atomic E-state index is -4.36. The average Bonchev–Trinajstić information content (AvgIpc) is 2.33. The Balaban J connectivity index is 4.99. The molecule has 0 amide bonds. The summed E-state index contributed by atoms with van der Waals surface area (Å²) in [6.45, 7) is 7.06. The molecule has 0 saturated heterocycles. The zero-order valence-corrected chi connectivity index (χ0v) is 12.0. The number of aliphatic hydroxyl groups is 1. The van der Waals surface area contributed by atoms with Gasteiger partial charge in [-0.15, -0.1) is 0 Å². The van der Waals surface area contributed by atoms with Gasteiger partial charge in [0, 0.05) is 17.4 Å². The number of ketones is 1. The molecule has 0 aromatic heterocycles. The summed E-state index contributed by atoms with van der Waals surface area (Å²) in [5.41, 5.74) is -0.549. The number of carbonyl (C=O) groups excluding carboxylic acids is 1. The Morgan fingerprint density at radius 1 is 1.21 bits per heavy atom. The molecule has 0 aromatic rings. The van der Waals surface area contributed by atoms with Crippen LogP contribution in [0.15, 0.2) is 11.8 Å². The smallest absolute Gasteiger partial charge is 0.389 e. The summed E-state index contributed by atoms with van der Waals surface area (Å²) in [6.07, 6.45) is -3.17. The highest BCUT2D eigenvalue weighted by Crippen LogP contribution is 2.34. The average molecular weight is 280 g/mol. The molecule has 0 aliphatic rings. The van der Waals surface area contributed by atoms with Crippen LogP contribution in [-0.4, -0.2) is 17.1 Å². The van der Waals surface area contributed by atoms with Crippen molar-refractivity contribution in [1.29, 1.82) is 0 Å². The lowest BCUT2D eigenvalue weighted by molar-refractivity contribution is -0.151. The van der Waals surface area contributed by atoms with Gasteiger partial charge in [0.25, 0.3) is 0 Å². The van der Waals surface area contributed by atoms with Crippen molar-refractivity contribution >= 4 is 5.78 Å². The van der Waals surface area contributed by atoms with Gasteiger partial charge in [0.2, 0.25) is 0 Å². The van der Waals surface area contributed by atoms with Gasteiger partial charge < -0.3 is 5.11 Å². The van der Waals surface area contributed by atoms with Crippen molar-refractivity contribution in [3.05, 3.63) is 11.8 Å². The van der Waals surface area contributed by atoms with Gasteiger partial charge in [-0.2, -0.15) is 13.2 Å². The zero-order valence-electron chi connectivity index (χ0n) is 12.0. The van der Waals surface area contributed by atoms with Crippen LogP contribution in [0.5, 0.6) is 0 Å². The van der Waals surface area contributed by atoms with Crippen LogP contribution in [0.3, 0.4) is 0 Å². The molecule has 0 aromatic carbocycles. The fourth-order valence-corrected chi connectivity index (χ4v) is 1.76. The second kappa shape index (κ2) is 6.96. The zero-order chi connectivity index (χ0) is 15.3. The quantitative estimate of drug-likeness (QED) is 0.537.